The second-order valence-electron chi connectivity index (χ2n) is 5.31. The smallest absolute Gasteiger partial charge is 0.133 e. The van der Waals surface area contributed by atoms with Gasteiger partial charge in [-0.15, -0.1) is 0 Å². The van der Waals surface area contributed by atoms with Crippen LogP contribution in [0.5, 0.6) is 0 Å². The first-order valence-corrected chi connectivity index (χ1v) is 8.22. The van der Waals surface area contributed by atoms with E-state index < -0.39 is 0 Å². The molecule has 0 spiro atoms. The molecule has 0 bridgehead atoms. The fourth-order valence-electron chi connectivity index (χ4n) is 2.72. The van der Waals surface area contributed by atoms with Crippen LogP contribution in [0.4, 0.5) is 5.82 Å². The van der Waals surface area contributed by atoms with E-state index in [1.165, 1.54) is 11.1 Å². The highest BCUT2D eigenvalue weighted by Crippen LogP contribution is 2.23. The number of aromatic nitrogens is 1. The summed E-state index contributed by atoms with van der Waals surface area (Å²) < 4.78 is 5.23. The van der Waals surface area contributed by atoms with Gasteiger partial charge in [0.25, 0.3) is 0 Å². The lowest BCUT2D eigenvalue weighted by atomic mass is 10.2. The minimum atomic E-state index is 0.737. The molecule has 21 heavy (non-hydrogen) atoms. The maximum Gasteiger partial charge on any atom is 0.133 e. The van der Waals surface area contributed by atoms with E-state index in [1.807, 2.05) is 12.3 Å². The summed E-state index contributed by atoms with van der Waals surface area (Å²) in [5, 5.41) is 4.38. The fourth-order valence-corrected chi connectivity index (χ4v) is 3.38. The normalized spacial score (nSPS) is 15.8. The molecule has 0 N–H and O–H groups in total. The quantitative estimate of drug-likeness (QED) is 0.849. The molecule has 1 aliphatic heterocycles. The first-order chi connectivity index (χ1) is 10.4. The molecule has 2 aromatic heterocycles. The summed E-state index contributed by atoms with van der Waals surface area (Å²) >= 11 is 1.76. The molecule has 0 atom stereocenters. The summed E-state index contributed by atoms with van der Waals surface area (Å²) in [6.07, 6.45) is 1.88. The summed E-state index contributed by atoms with van der Waals surface area (Å²) in [6, 6.07) is 6.43. The van der Waals surface area contributed by atoms with Crippen molar-refractivity contribution in [1.82, 2.24) is 9.88 Å². The largest absolute Gasteiger partial charge is 0.383 e. The predicted octanol–water partition coefficient (Wildman–Crippen LogP) is 2.61. The molecule has 0 aliphatic carbocycles. The van der Waals surface area contributed by atoms with Gasteiger partial charge in [-0.1, -0.05) is 6.07 Å². The van der Waals surface area contributed by atoms with Crippen molar-refractivity contribution >= 4 is 17.2 Å². The molecule has 0 fully saturated rings. The molecule has 3 heterocycles. The van der Waals surface area contributed by atoms with Gasteiger partial charge in [-0.3, -0.25) is 4.90 Å². The maximum absolute atomic E-state index is 5.23. The number of pyridine rings is 1. The van der Waals surface area contributed by atoms with E-state index in [0.717, 1.165) is 45.1 Å². The number of rotatable bonds is 5. The van der Waals surface area contributed by atoms with Crippen LogP contribution in [0.3, 0.4) is 0 Å². The van der Waals surface area contributed by atoms with E-state index in [0.29, 0.717) is 0 Å². The third-order valence-corrected chi connectivity index (χ3v) is 4.53. The van der Waals surface area contributed by atoms with Crippen molar-refractivity contribution in [3.05, 3.63) is 46.3 Å². The predicted molar refractivity (Wildman–Crippen MR) is 86.8 cm³/mol. The average molecular weight is 303 g/mol. The molecular weight excluding hydrogens is 282 g/mol. The van der Waals surface area contributed by atoms with Crippen LogP contribution >= 0.6 is 11.3 Å². The van der Waals surface area contributed by atoms with Gasteiger partial charge in [-0.25, -0.2) is 4.98 Å². The highest BCUT2D eigenvalue weighted by Gasteiger charge is 2.20. The van der Waals surface area contributed by atoms with Crippen molar-refractivity contribution in [2.24, 2.45) is 0 Å². The zero-order valence-corrected chi connectivity index (χ0v) is 13.2. The Morgan fingerprint density at radius 2 is 2.29 bits per heavy atom. The summed E-state index contributed by atoms with van der Waals surface area (Å²) in [5.74, 6) is 1.11. The SMILES string of the molecule is COCCN1CCN(Cc2ccsc2)Cc2cccnc21. The van der Waals surface area contributed by atoms with Crippen LogP contribution < -0.4 is 4.90 Å². The molecule has 1 aliphatic rings. The highest BCUT2D eigenvalue weighted by molar-refractivity contribution is 7.07. The molecule has 0 saturated carbocycles. The lowest BCUT2D eigenvalue weighted by Crippen LogP contribution is -2.33. The van der Waals surface area contributed by atoms with E-state index in [4.69, 9.17) is 4.74 Å². The lowest BCUT2D eigenvalue weighted by molar-refractivity contribution is 0.203. The summed E-state index contributed by atoms with van der Waals surface area (Å²) in [7, 11) is 1.75. The summed E-state index contributed by atoms with van der Waals surface area (Å²) in [4.78, 5) is 9.43. The van der Waals surface area contributed by atoms with Gasteiger partial charge >= 0.3 is 0 Å². The molecule has 0 unspecified atom stereocenters. The molecule has 3 rings (SSSR count). The van der Waals surface area contributed by atoms with Gasteiger partial charge < -0.3 is 9.64 Å². The Balaban J connectivity index is 1.76. The van der Waals surface area contributed by atoms with Crippen LogP contribution in [0.25, 0.3) is 0 Å². The van der Waals surface area contributed by atoms with Crippen LogP contribution in [0.2, 0.25) is 0 Å². The highest BCUT2D eigenvalue weighted by atomic mass is 32.1. The number of thiophene rings is 1. The summed E-state index contributed by atoms with van der Waals surface area (Å²) in [5.41, 5.74) is 2.71. The average Bonchev–Trinajstić information content (AvgIpc) is 2.94. The second-order valence-corrected chi connectivity index (χ2v) is 6.09. The molecule has 0 aromatic carbocycles. The van der Waals surface area contributed by atoms with E-state index in [-0.39, 0.29) is 0 Å². The van der Waals surface area contributed by atoms with E-state index in [9.17, 15) is 0 Å². The van der Waals surface area contributed by atoms with Gasteiger partial charge in [0, 0.05) is 51.6 Å². The Bertz CT molecular complexity index is 558. The monoisotopic (exact) mass is 303 g/mol. The zero-order valence-electron chi connectivity index (χ0n) is 12.4. The van der Waals surface area contributed by atoms with Crippen molar-refractivity contribution in [1.29, 1.82) is 0 Å². The number of hydrogen-bond donors (Lipinski definition) is 0. The molecule has 2 aromatic rings. The number of fused-ring (bicyclic) bond motifs is 1. The standard InChI is InChI=1S/C16H21N3OS/c1-20-9-8-19-7-6-18(11-14-4-10-21-13-14)12-15-3-2-5-17-16(15)19/h2-5,10,13H,6-9,11-12H2,1H3. The van der Waals surface area contributed by atoms with Crippen molar-refractivity contribution in [2.45, 2.75) is 13.1 Å². The van der Waals surface area contributed by atoms with Gasteiger partial charge in [0.1, 0.15) is 5.82 Å². The van der Waals surface area contributed by atoms with Gasteiger partial charge in [-0.2, -0.15) is 11.3 Å². The fraction of sp³-hybridized carbons (Fsp3) is 0.438. The molecule has 0 amide bonds. The van der Waals surface area contributed by atoms with Crippen LogP contribution in [-0.2, 0) is 17.8 Å². The van der Waals surface area contributed by atoms with Gasteiger partial charge in [-0.05, 0) is 28.5 Å². The van der Waals surface area contributed by atoms with Crippen molar-refractivity contribution < 1.29 is 4.74 Å². The Kier molecular flexibility index (Phi) is 4.85. The lowest BCUT2D eigenvalue weighted by Gasteiger charge is -2.23. The molecule has 0 radical (unpaired) electrons. The van der Waals surface area contributed by atoms with Gasteiger partial charge in [0.15, 0.2) is 0 Å². The van der Waals surface area contributed by atoms with E-state index >= 15 is 0 Å². The Hall–Kier alpha value is -1.43. The molecule has 0 saturated heterocycles. The van der Waals surface area contributed by atoms with Crippen LogP contribution in [0, 0.1) is 0 Å². The van der Waals surface area contributed by atoms with Crippen molar-refractivity contribution in [3.63, 3.8) is 0 Å². The molecule has 112 valence electrons. The van der Waals surface area contributed by atoms with Gasteiger partial charge in [0.2, 0.25) is 0 Å². The molecule has 4 nitrogen and oxygen atoms in total. The van der Waals surface area contributed by atoms with E-state index in [2.05, 4.69) is 37.7 Å². The van der Waals surface area contributed by atoms with Crippen molar-refractivity contribution in [2.75, 3.05) is 38.3 Å². The molecular formula is C16H21N3OS. The summed E-state index contributed by atoms with van der Waals surface area (Å²) in [6.45, 7) is 5.65. The minimum absolute atomic E-state index is 0.737. The maximum atomic E-state index is 5.23. The number of anilines is 1. The third-order valence-electron chi connectivity index (χ3n) is 3.80. The minimum Gasteiger partial charge on any atom is -0.383 e. The number of hydrogen-bond acceptors (Lipinski definition) is 5. The number of methoxy groups -OCH3 is 1. The van der Waals surface area contributed by atoms with Crippen LogP contribution in [-0.4, -0.2) is 43.2 Å². The number of ether oxygens (including phenoxy) is 1. The van der Waals surface area contributed by atoms with Gasteiger partial charge in [0.05, 0.1) is 6.61 Å². The Morgan fingerprint density at radius 3 is 3.10 bits per heavy atom. The Labute approximate surface area is 130 Å². The number of nitrogens with zero attached hydrogens (tertiary/aromatic N) is 3. The Morgan fingerprint density at radius 1 is 1.33 bits per heavy atom. The first-order valence-electron chi connectivity index (χ1n) is 7.28. The second kappa shape index (κ2) is 7.02. The first kappa shape index (κ1) is 14.5. The van der Waals surface area contributed by atoms with Crippen LogP contribution in [0.1, 0.15) is 11.1 Å². The van der Waals surface area contributed by atoms with Crippen molar-refractivity contribution in [3.8, 4) is 0 Å². The zero-order chi connectivity index (χ0) is 14.5. The topological polar surface area (TPSA) is 28.6 Å². The third kappa shape index (κ3) is 3.61. The van der Waals surface area contributed by atoms with E-state index in [1.54, 1.807) is 18.4 Å². The van der Waals surface area contributed by atoms with Crippen LogP contribution in [0.15, 0.2) is 35.2 Å². The molecule has 5 heteroatoms.